The van der Waals surface area contributed by atoms with Crippen molar-refractivity contribution in [2.75, 3.05) is 5.33 Å². The van der Waals surface area contributed by atoms with Gasteiger partial charge in [-0.25, -0.2) is 4.79 Å². The molecule has 0 aliphatic carbocycles. The number of rotatable bonds is 3. The van der Waals surface area contributed by atoms with Crippen LogP contribution >= 0.6 is 15.9 Å². The van der Waals surface area contributed by atoms with Crippen molar-refractivity contribution < 1.29 is 9.53 Å². The number of hydrogen-bond acceptors (Lipinski definition) is 2. The average molecular weight is 196 g/mol. The molecule has 0 saturated heterocycles. The third-order valence-electron chi connectivity index (χ3n) is 0.833. The first-order chi connectivity index (χ1) is 4.16. The normalized spacial score (nSPS) is 12.7. The van der Waals surface area contributed by atoms with E-state index in [9.17, 15) is 4.79 Å². The van der Waals surface area contributed by atoms with E-state index >= 15 is 0 Å². The van der Waals surface area contributed by atoms with E-state index in [2.05, 4.69) is 20.7 Å². The highest BCUT2D eigenvalue weighted by Crippen LogP contribution is 1.98. The number of amides is 1. The summed E-state index contributed by atoms with van der Waals surface area (Å²) < 4.78 is 4.60. The summed E-state index contributed by atoms with van der Waals surface area (Å²) in [7, 11) is 0. The van der Waals surface area contributed by atoms with Crippen LogP contribution in [-0.4, -0.2) is 17.5 Å². The van der Waals surface area contributed by atoms with Crippen molar-refractivity contribution in [2.24, 2.45) is 5.73 Å². The molecule has 0 aromatic rings. The van der Waals surface area contributed by atoms with E-state index in [1.54, 1.807) is 6.92 Å². The zero-order chi connectivity index (χ0) is 7.28. The molecule has 0 radical (unpaired) electrons. The first kappa shape index (κ1) is 8.75. The van der Waals surface area contributed by atoms with Crippen molar-refractivity contribution in [1.82, 2.24) is 0 Å². The molecule has 9 heavy (non-hydrogen) atoms. The Balaban J connectivity index is 3.26. The van der Waals surface area contributed by atoms with E-state index < -0.39 is 6.09 Å². The molecule has 0 spiro atoms. The fourth-order valence-corrected chi connectivity index (χ4v) is 1.06. The van der Waals surface area contributed by atoms with Crippen molar-refractivity contribution in [3.05, 3.63) is 0 Å². The van der Waals surface area contributed by atoms with Crippen LogP contribution in [0.5, 0.6) is 0 Å². The molecule has 0 aromatic carbocycles. The van der Waals surface area contributed by atoms with Crippen LogP contribution in [0.3, 0.4) is 0 Å². The van der Waals surface area contributed by atoms with Crippen LogP contribution in [0.1, 0.15) is 13.3 Å². The zero-order valence-electron chi connectivity index (χ0n) is 5.26. The monoisotopic (exact) mass is 195 g/mol. The molecule has 0 aliphatic rings. The minimum Gasteiger partial charge on any atom is -0.447 e. The minimum atomic E-state index is -0.705. The van der Waals surface area contributed by atoms with Crippen molar-refractivity contribution in [1.29, 1.82) is 0 Å². The Morgan fingerprint density at radius 1 is 1.89 bits per heavy atom. The number of ether oxygens (including phenoxy) is 1. The number of hydrogen-bond donors (Lipinski definition) is 1. The molecule has 0 aliphatic heterocycles. The summed E-state index contributed by atoms with van der Waals surface area (Å²) in [5.41, 5.74) is 4.75. The maximum absolute atomic E-state index is 10.1. The summed E-state index contributed by atoms with van der Waals surface area (Å²) in [6, 6.07) is 0. The van der Waals surface area contributed by atoms with Crippen LogP contribution in [0.15, 0.2) is 0 Å². The molecule has 0 aromatic heterocycles. The molecule has 2 N–H and O–H groups in total. The molecule has 0 bridgehead atoms. The van der Waals surface area contributed by atoms with Gasteiger partial charge >= 0.3 is 6.09 Å². The van der Waals surface area contributed by atoms with E-state index in [1.807, 2.05) is 0 Å². The summed E-state index contributed by atoms with van der Waals surface area (Å²) in [6.07, 6.45) is 0.00785. The van der Waals surface area contributed by atoms with Crippen molar-refractivity contribution in [3.8, 4) is 0 Å². The van der Waals surface area contributed by atoms with Gasteiger partial charge in [0.1, 0.15) is 6.10 Å². The van der Waals surface area contributed by atoms with Crippen LogP contribution in [0, 0.1) is 0 Å². The Hall–Kier alpha value is -0.250. The number of primary amides is 1. The van der Waals surface area contributed by atoms with E-state index in [1.165, 1.54) is 0 Å². The van der Waals surface area contributed by atoms with Crippen molar-refractivity contribution in [2.45, 2.75) is 19.4 Å². The summed E-state index contributed by atoms with van der Waals surface area (Å²) in [4.78, 5) is 10.1. The lowest BCUT2D eigenvalue weighted by Crippen LogP contribution is -2.20. The number of halogens is 1. The van der Waals surface area contributed by atoms with Crippen molar-refractivity contribution >= 4 is 22.0 Å². The van der Waals surface area contributed by atoms with Gasteiger partial charge in [0.25, 0.3) is 0 Å². The highest BCUT2D eigenvalue weighted by molar-refractivity contribution is 9.09. The second kappa shape index (κ2) is 4.61. The number of nitrogens with two attached hydrogens (primary N) is 1. The van der Waals surface area contributed by atoms with Gasteiger partial charge < -0.3 is 10.5 Å². The van der Waals surface area contributed by atoms with Gasteiger partial charge in [0.15, 0.2) is 0 Å². The summed E-state index contributed by atoms with van der Waals surface area (Å²) in [5.74, 6) is 0. The van der Waals surface area contributed by atoms with Crippen molar-refractivity contribution in [3.63, 3.8) is 0 Å². The van der Waals surface area contributed by atoms with Crippen LogP contribution < -0.4 is 5.73 Å². The molecule has 0 heterocycles. The van der Waals surface area contributed by atoms with Crippen LogP contribution in [0.25, 0.3) is 0 Å². The summed E-state index contributed by atoms with van der Waals surface area (Å²) in [5, 5.41) is 0.821. The van der Waals surface area contributed by atoms with Gasteiger partial charge in [0.05, 0.1) is 0 Å². The maximum atomic E-state index is 10.1. The number of carbonyl (C=O) groups excluding carboxylic acids is 1. The SMILES string of the molecule is C[C@@H](CCBr)OC(N)=O. The zero-order valence-corrected chi connectivity index (χ0v) is 6.85. The molecule has 0 fully saturated rings. The van der Waals surface area contributed by atoms with Gasteiger partial charge in [-0.2, -0.15) is 0 Å². The maximum Gasteiger partial charge on any atom is 0.404 e. The molecule has 0 unspecified atom stereocenters. The smallest absolute Gasteiger partial charge is 0.404 e. The Labute approximate surface area is 62.7 Å². The van der Waals surface area contributed by atoms with Gasteiger partial charge in [-0.15, -0.1) is 0 Å². The standard InChI is InChI=1S/C5H10BrNO2/c1-4(2-3-6)9-5(7)8/h4H,2-3H2,1H3,(H2,7,8)/t4-/m0/s1. The lowest BCUT2D eigenvalue weighted by molar-refractivity contribution is 0.115. The van der Waals surface area contributed by atoms with Gasteiger partial charge in [-0.05, 0) is 13.3 Å². The molecule has 0 saturated carbocycles. The average Bonchev–Trinajstić information content (AvgIpc) is 1.63. The Bertz CT molecular complexity index is 97.0. The fraction of sp³-hybridized carbons (Fsp3) is 0.800. The highest BCUT2D eigenvalue weighted by atomic mass is 79.9. The first-order valence-electron chi connectivity index (χ1n) is 2.69. The molecule has 0 rings (SSSR count). The fourth-order valence-electron chi connectivity index (χ4n) is 0.411. The van der Waals surface area contributed by atoms with E-state index in [0.29, 0.717) is 0 Å². The molecule has 4 heteroatoms. The largest absolute Gasteiger partial charge is 0.447 e. The van der Waals surface area contributed by atoms with Gasteiger partial charge in [0.2, 0.25) is 0 Å². The first-order valence-corrected chi connectivity index (χ1v) is 3.81. The van der Waals surface area contributed by atoms with Gasteiger partial charge in [0, 0.05) is 5.33 Å². The quantitative estimate of drug-likeness (QED) is 0.690. The van der Waals surface area contributed by atoms with Gasteiger partial charge in [-0.3, -0.25) is 0 Å². The number of alkyl halides is 1. The lowest BCUT2D eigenvalue weighted by atomic mass is 10.3. The minimum absolute atomic E-state index is 0.0816. The predicted molar refractivity (Wildman–Crippen MR) is 38.5 cm³/mol. The lowest BCUT2D eigenvalue weighted by Gasteiger charge is -2.07. The highest BCUT2D eigenvalue weighted by Gasteiger charge is 2.02. The molecular formula is C5H10BrNO2. The van der Waals surface area contributed by atoms with Crippen LogP contribution in [0.2, 0.25) is 0 Å². The predicted octanol–water partition coefficient (Wildman–Crippen LogP) is 1.26. The molecule has 3 nitrogen and oxygen atoms in total. The summed E-state index contributed by atoms with van der Waals surface area (Å²) >= 11 is 3.21. The van der Waals surface area contributed by atoms with E-state index in [-0.39, 0.29) is 6.10 Å². The van der Waals surface area contributed by atoms with Crippen LogP contribution in [-0.2, 0) is 4.74 Å². The third-order valence-corrected chi connectivity index (χ3v) is 1.29. The Kier molecular flexibility index (Phi) is 4.48. The van der Waals surface area contributed by atoms with Crippen LogP contribution in [0.4, 0.5) is 4.79 Å². The Morgan fingerprint density at radius 2 is 2.44 bits per heavy atom. The summed E-state index contributed by atoms with van der Waals surface area (Å²) in [6.45, 7) is 1.80. The number of carbonyl (C=O) groups is 1. The Morgan fingerprint density at radius 3 is 2.78 bits per heavy atom. The third kappa shape index (κ3) is 5.62. The topological polar surface area (TPSA) is 52.3 Å². The van der Waals surface area contributed by atoms with E-state index in [0.717, 1.165) is 11.8 Å². The van der Waals surface area contributed by atoms with E-state index in [4.69, 9.17) is 5.73 Å². The second-order valence-electron chi connectivity index (χ2n) is 1.73. The molecule has 1 amide bonds. The molecule has 54 valence electrons. The van der Waals surface area contributed by atoms with Gasteiger partial charge in [-0.1, -0.05) is 15.9 Å². The molecule has 1 atom stereocenters. The second-order valence-corrected chi connectivity index (χ2v) is 2.52. The molecular weight excluding hydrogens is 186 g/mol.